The molecule has 13 atom stereocenters. The molecular formula is C26H38O4. The summed E-state index contributed by atoms with van der Waals surface area (Å²) in [6.45, 7) is 8.30. The molecule has 4 nitrogen and oxygen atoms in total. The van der Waals surface area contributed by atoms with E-state index in [0.717, 1.165) is 42.4 Å². The minimum absolute atomic E-state index is 0.0794. The quantitative estimate of drug-likeness (QED) is 0.494. The second kappa shape index (κ2) is 6.72. The van der Waals surface area contributed by atoms with Crippen molar-refractivity contribution in [1.29, 1.82) is 0 Å². The molecule has 6 fully saturated rings. The molecule has 6 aliphatic carbocycles. The van der Waals surface area contributed by atoms with Crippen molar-refractivity contribution in [2.45, 2.75) is 78.4 Å². The average Bonchev–Trinajstić information content (AvgIpc) is 3.50. The Labute approximate surface area is 180 Å². The Hall–Kier alpha value is -1.06. The first-order valence-corrected chi connectivity index (χ1v) is 12.8. The molecule has 0 amide bonds. The van der Waals surface area contributed by atoms with Crippen LogP contribution in [0.4, 0.5) is 0 Å². The lowest BCUT2D eigenvalue weighted by molar-refractivity contribution is -0.173. The highest BCUT2D eigenvalue weighted by molar-refractivity contribution is 5.84. The Bertz CT molecular complexity index is 745. The van der Waals surface area contributed by atoms with Crippen LogP contribution < -0.4 is 0 Å². The molecule has 0 aromatic rings. The molecule has 0 N–H and O–H groups in total. The first-order chi connectivity index (χ1) is 14.3. The van der Waals surface area contributed by atoms with Gasteiger partial charge < -0.3 is 9.47 Å². The van der Waals surface area contributed by atoms with Gasteiger partial charge >= 0.3 is 11.9 Å². The Morgan fingerprint density at radius 2 is 1.37 bits per heavy atom. The maximum Gasteiger partial charge on any atom is 0.310 e. The molecule has 0 saturated heterocycles. The Balaban J connectivity index is 1.19. The fraction of sp³-hybridized carbons (Fsp3) is 0.923. The number of carbonyl (C=O) groups excluding carboxylic acids is 2. The number of rotatable bonds is 4. The highest BCUT2D eigenvalue weighted by Gasteiger charge is 2.65. The Kier molecular flexibility index (Phi) is 4.39. The number of carbonyl (C=O) groups is 2. The summed E-state index contributed by atoms with van der Waals surface area (Å²) in [6.07, 6.45) is 7.59. The van der Waals surface area contributed by atoms with Gasteiger partial charge in [0.15, 0.2) is 0 Å². The number of ether oxygens (including phenoxy) is 2. The molecule has 6 saturated carbocycles. The minimum Gasteiger partial charge on any atom is -0.463 e. The van der Waals surface area contributed by atoms with E-state index in [4.69, 9.17) is 9.47 Å². The Morgan fingerprint density at radius 1 is 0.733 bits per heavy atom. The predicted molar refractivity (Wildman–Crippen MR) is 112 cm³/mol. The summed E-state index contributed by atoms with van der Waals surface area (Å²) in [4.78, 5) is 26.5. The van der Waals surface area contributed by atoms with Gasteiger partial charge in [0.25, 0.3) is 0 Å². The van der Waals surface area contributed by atoms with Gasteiger partial charge in [-0.15, -0.1) is 0 Å². The van der Waals surface area contributed by atoms with Crippen LogP contribution in [0, 0.1) is 71.0 Å². The molecule has 6 bridgehead atoms. The van der Waals surface area contributed by atoms with E-state index >= 15 is 0 Å². The van der Waals surface area contributed by atoms with Crippen molar-refractivity contribution in [3.05, 3.63) is 0 Å². The van der Waals surface area contributed by atoms with Crippen LogP contribution in [-0.4, -0.2) is 24.1 Å². The second-order valence-corrected chi connectivity index (χ2v) is 12.2. The fourth-order valence-electron chi connectivity index (χ4n) is 9.82. The van der Waals surface area contributed by atoms with Crippen LogP contribution in [0.1, 0.15) is 66.2 Å². The third-order valence-electron chi connectivity index (χ3n) is 10.9. The van der Waals surface area contributed by atoms with Gasteiger partial charge in [0, 0.05) is 0 Å². The summed E-state index contributed by atoms with van der Waals surface area (Å²) in [7, 11) is 0. The summed E-state index contributed by atoms with van der Waals surface area (Å²) < 4.78 is 11.9. The summed E-state index contributed by atoms with van der Waals surface area (Å²) >= 11 is 0. The van der Waals surface area contributed by atoms with Crippen molar-refractivity contribution in [2.24, 2.45) is 71.0 Å². The number of esters is 2. The van der Waals surface area contributed by atoms with Crippen LogP contribution in [0.15, 0.2) is 0 Å². The lowest BCUT2D eigenvalue weighted by Crippen LogP contribution is -2.45. The van der Waals surface area contributed by atoms with Crippen LogP contribution in [0.25, 0.3) is 0 Å². The molecule has 6 aliphatic rings. The molecular weight excluding hydrogens is 376 g/mol. The maximum atomic E-state index is 13.5. The highest BCUT2D eigenvalue weighted by atomic mass is 16.6. The maximum absolute atomic E-state index is 13.5. The van der Waals surface area contributed by atoms with Crippen LogP contribution in [0.5, 0.6) is 0 Å². The summed E-state index contributed by atoms with van der Waals surface area (Å²) in [5.74, 6) is 5.65. The van der Waals surface area contributed by atoms with Gasteiger partial charge in [-0.05, 0) is 112 Å². The van der Waals surface area contributed by atoms with Crippen LogP contribution in [-0.2, 0) is 19.1 Å². The molecule has 0 radical (unpaired) electrons. The van der Waals surface area contributed by atoms with Crippen LogP contribution in [0.3, 0.4) is 0 Å². The van der Waals surface area contributed by atoms with E-state index in [2.05, 4.69) is 13.8 Å². The predicted octanol–water partition coefficient (Wildman–Crippen LogP) is 4.71. The molecule has 0 aromatic carbocycles. The molecule has 0 heterocycles. The van der Waals surface area contributed by atoms with Crippen molar-refractivity contribution in [3.8, 4) is 0 Å². The van der Waals surface area contributed by atoms with Crippen LogP contribution >= 0.6 is 0 Å². The van der Waals surface area contributed by atoms with Crippen molar-refractivity contribution in [1.82, 2.24) is 0 Å². The average molecular weight is 415 g/mol. The summed E-state index contributed by atoms with van der Waals surface area (Å²) in [5.41, 5.74) is 0. The largest absolute Gasteiger partial charge is 0.463 e. The van der Waals surface area contributed by atoms with E-state index in [9.17, 15) is 9.59 Å². The first-order valence-electron chi connectivity index (χ1n) is 12.8. The van der Waals surface area contributed by atoms with E-state index in [1.165, 1.54) is 25.7 Å². The normalized spacial score (nSPS) is 54.8. The first kappa shape index (κ1) is 19.6. The molecule has 0 aliphatic heterocycles. The third-order valence-corrected chi connectivity index (χ3v) is 10.9. The molecule has 0 spiro atoms. The molecule has 4 heteroatoms. The third kappa shape index (κ3) is 2.57. The topological polar surface area (TPSA) is 52.6 Å². The van der Waals surface area contributed by atoms with Crippen molar-refractivity contribution >= 4 is 11.9 Å². The lowest BCUT2D eigenvalue weighted by atomic mass is 9.69. The van der Waals surface area contributed by atoms with E-state index in [-0.39, 0.29) is 47.8 Å². The van der Waals surface area contributed by atoms with Gasteiger partial charge in [-0.2, -0.15) is 0 Å². The SMILES string of the molecule is CC(C)OC(=O)C1C2CC(C(C)C2C)C1C(=O)OC1CC2CC1C1C3CCC(C3)C21. The van der Waals surface area contributed by atoms with Crippen molar-refractivity contribution < 1.29 is 19.1 Å². The Morgan fingerprint density at radius 3 is 2.03 bits per heavy atom. The van der Waals surface area contributed by atoms with E-state index < -0.39 is 0 Å². The van der Waals surface area contributed by atoms with Crippen LogP contribution in [0.2, 0.25) is 0 Å². The molecule has 13 unspecified atom stereocenters. The summed E-state index contributed by atoms with van der Waals surface area (Å²) in [5, 5.41) is 0. The van der Waals surface area contributed by atoms with E-state index in [1.807, 2.05) is 13.8 Å². The molecule has 6 rings (SSSR count). The van der Waals surface area contributed by atoms with Gasteiger partial charge in [0.1, 0.15) is 6.10 Å². The zero-order valence-corrected chi connectivity index (χ0v) is 19.0. The lowest BCUT2D eigenvalue weighted by Gasteiger charge is -2.40. The zero-order chi connectivity index (χ0) is 20.9. The molecule has 166 valence electrons. The monoisotopic (exact) mass is 414 g/mol. The highest BCUT2D eigenvalue weighted by Crippen LogP contribution is 2.68. The number of fused-ring (bicyclic) bond motifs is 11. The van der Waals surface area contributed by atoms with Gasteiger partial charge in [0.2, 0.25) is 0 Å². The minimum atomic E-state index is -0.301. The van der Waals surface area contributed by atoms with Gasteiger partial charge in [-0.25, -0.2) is 0 Å². The number of hydrogen-bond acceptors (Lipinski definition) is 4. The molecule has 30 heavy (non-hydrogen) atoms. The van der Waals surface area contributed by atoms with Crippen molar-refractivity contribution in [2.75, 3.05) is 0 Å². The van der Waals surface area contributed by atoms with Gasteiger partial charge in [0.05, 0.1) is 17.9 Å². The van der Waals surface area contributed by atoms with Crippen molar-refractivity contribution in [3.63, 3.8) is 0 Å². The zero-order valence-electron chi connectivity index (χ0n) is 19.0. The smallest absolute Gasteiger partial charge is 0.310 e. The fourth-order valence-corrected chi connectivity index (χ4v) is 9.82. The number of hydrogen-bond donors (Lipinski definition) is 0. The van der Waals surface area contributed by atoms with E-state index in [0.29, 0.717) is 17.8 Å². The second-order valence-electron chi connectivity index (χ2n) is 12.2. The summed E-state index contributed by atoms with van der Waals surface area (Å²) in [6, 6.07) is 0. The van der Waals surface area contributed by atoms with Gasteiger partial charge in [-0.1, -0.05) is 13.8 Å². The van der Waals surface area contributed by atoms with E-state index in [1.54, 1.807) is 0 Å². The molecule has 0 aromatic heterocycles. The van der Waals surface area contributed by atoms with Gasteiger partial charge in [-0.3, -0.25) is 9.59 Å². The standard InChI is InChI=1S/C26H38O4/c1-11(2)29-25(27)23-17-10-18(13(4)12(17)3)24(23)26(28)30-20-9-16-8-19(20)22-15-6-5-14(7-15)21(16)22/h11-24H,5-10H2,1-4H3.